The molecule has 1 fully saturated rings. The number of H-pyrrole nitrogens is 1. The SMILES string of the molecule is Cc1c(Nc2c(C#N)cncc2/C=C/c2ccc(CN3CCNCC3)cc2)ccc2[nH]ccc12. The summed E-state index contributed by atoms with van der Waals surface area (Å²) in [5, 5.41) is 17.8. The molecule has 3 heterocycles. The number of hydrogen-bond acceptors (Lipinski definition) is 5. The van der Waals surface area contributed by atoms with Crippen LogP contribution in [0.4, 0.5) is 11.4 Å². The topological polar surface area (TPSA) is 79.8 Å². The number of hydrogen-bond donors (Lipinski definition) is 3. The monoisotopic (exact) mass is 448 g/mol. The lowest BCUT2D eigenvalue weighted by molar-refractivity contribution is 0.233. The molecule has 4 aromatic rings. The smallest absolute Gasteiger partial charge is 0.103 e. The molecule has 170 valence electrons. The first-order valence-electron chi connectivity index (χ1n) is 11.6. The van der Waals surface area contributed by atoms with Gasteiger partial charge in [0, 0.05) is 73.5 Å². The number of aromatic nitrogens is 2. The van der Waals surface area contributed by atoms with Crippen LogP contribution in [-0.2, 0) is 6.54 Å². The normalized spacial score (nSPS) is 14.5. The highest BCUT2D eigenvalue weighted by atomic mass is 15.2. The minimum Gasteiger partial charge on any atom is -0.361 e. The van der Waals surface area contributed by atoms with Crippen LogP contribution in [0.5, 0.6) is 0 Å². The van der Waals surface area contributed by atoms with Gasteiger partial charge in [-0.05, 0) is 41.8 Å². The Bertz CT molecular complexity index is 1350. The maximum Gasteiger partial charge on any atom is 0.103 e. The number of pyridine rings is 1. The van der Waals surface area contributed by atoms with Crippen LogP contribution in [0.25, 0.3) is 23.1 Å². The molecule has 0 unspecified atom stereocenters. The van der Waals surface area contributed by atoms with Crippen molar-refractivity contribution in [1.29, 1.82) is 5.26 Å². The van der Waals surface area contributed by atoms with Gasteiger partial charge in [-0.25, -0.2) is 0 Å². The van der Waals surface area contributed by atoms with E-state index in [-0.39, 0.29) is 0 Å². The number of benzene rings is 2. The molecule has 0 spiro atoms. The van der Waals surface area contributed by atoms with Crippen molar-refractivity contribution in [2.75, 3.05) is 31.5 Å². The van der Waals surface area contributed by atoms with Crippen molar-refractivity contribution in [3.05, 3.63) is 88.9 Å². The Morgan fingerprint density at radius 1 is 1.06 bits per heavy atom. The summed E-state index contributed by atoms with van der Waals surface area (Å²) in [6.45, 7) is 7.38. The molecule has 1 saturated heterocycles. The van der Waals surface area contributed by atoms with Gasteiger partial charge in [-0.15, -0.1) is 0 Å². The highest BCUT2D eigenvalue weighted by Gasteiger charge is 2.12. The molecular formula is C28H28N6. The summed E-state index contributed by atoms with van der Waals surface area (Å²) in [6, 6.07) is 17.1. The van der Waals surface area contributed by atoms with E-state index in [9.17, 15) is 5.26 Å². The van der Waals surface area contributed by atoms with Crippen molar-refractivity contribution in [2.45, 2.75) is 13.5 Å². The first-order valence-corrected chi connectivity index (χ1v) is 11.6. The van der Waals surface area contributed by atoms with Crippen LogP contribution < -0.4 is 10.6 Å². The molecule has 34 heavy (non-hydrogen) atoms. The average Bonchev–Trinajstić information content (AvgIpc) is 3.36. The Labute approximate surface area is 199 Å². The zero-order chi connectivity index (χ0) is 23.3. The Kier molecular flexibility index (Phi) is 6.39. The molecule has 1 aliphatic rings. The number of aryl methyl sites for hydroxylation is 1. The number of rotatable bonds is 6. The van der Waals surface area contributed by atoms with E-state index in [1.54, 1.807) is 12.4 Å². The first kappa shape index (κ1) is 21.9. The van der Waals surface area contributed by atoms with Crippen LogP contribution in [0.1, 0.15) is 27.8 Å². The van der Waals surface area contributed by atoms with Gasteiger partial charge in [0.2, 0.25) is 0 Å². The average molecular weight is 449 g/mol. The molecule has 6 nitrogen and oxygen atoms in total. The third-order valence-corrected chi connectivity index (χ3v) is 6.41. The van der Waals surface area contributed by atoms with Crippen LogP contribution in [0, 0.1) is 18.3 Å². The molecule has 2 aromatic heterocycles. The second-order valence-electron chi connectivity index (χ2n) is 8.67. The van der Waals surface area contributed by atoms with Gasteiger partial charge in [-0.2, -0.15) is 5.26 Å². The summed E-state index contributed by atoms with van der Waals surface area (Å²) < 4.78 is 0. The van der Waals surface area contributed by atoms with Crippen LogP contribution in [0.3, 0.4) is 0 Å². The minimum atomic E-state index is 0.516. The van der Waals surface area contributed by atoms with E-state index < -0.39 is 0 Å². The van der Waals surface area contributed by atoms with Crippen LogP contribution in [0.15, 0.2) is 61.1 Å². The zero-order valence-corrected chi connectivity index (χ0v) is 19.3. The second kappa shape index (κ2) is 9.92. The summed E-state index contributed by atoms with van der Waals surface area (Å²) in [5.74, 6) is 0. The third-order valence-electron chi connectivity index (χ3n) is 6.41. The number of piperazine rings is 1. The van der Waals surface area contributed by atoms with Gasteiger partial charge in [-0.1, -0.05) is 36.4 Å². The van der Waals surface area contributed by atoms with Gasteiger partial charge >= 0.3 is 0 Å². The van der Waals surface area contributed by atoms with Crippen molar-refractivity contribution in [1.82, 2.24) is 20.2 Å². The van der Waals surface area contributed by atoms with E-state index in [0.717, 1.165) is 71.7 Å². The molecule has 0 aliphatic carbocycles. The van der Waals surface area contributed by atoms with Crippen molar-refractivity contribution >= 4 is 34.4 Å². The number of nitriles is 1. The zero-order valence-electron chi connectivity index (χ0n) is 19.3. The predicted molar refractivity (Wildman–Crippen MR) is 139 cm³/mol. The quantitative estimate of drug-likeness (QED) is 0.384. The molecule has 0 saturated carbocycles. The van der Waals surface area contributed by atoms with Crippen LogP contribution in [-0.4, -0.2) is 41.0 Å². The van der Waals surface area contributed by atoms with Crippen molar-refractivity contribution < 1.29 is 0 Å². The molecule has 0 bridgehead atoms. The highest BCUT2D eigenvalue weighted by molar-refractivity contribution is 5.90. The summed E-state index contributed by atoms with van der Waals surface area (Å²) in [7, 11) is 0. The Balaban J connectivity index is 1.37. The van der Waals surface area contributed by atoms with Gasteiger partial charge in [-0.3, -0.25) is 9.88 Å². The van der Waals surface area contributed by atoms with Gasteiger partial charge in [0.25, 0.3) is 0 Å². The number of aromatic amines is 1. The summed E-state index contributed by atoms with van der Waals surface area (Å²) in [6.07, 6.45) is 9.43. The molecular weight excluding hydrogens is 420 g/mol. The van der Waals surface area contributed by atoms with Gasteiger partial charge in [0.15, 0.2) is 0 Å². The van der Waals surface area contributed by atoms with E-state index in [2.05, 4.69) is 81.0 Å². The molecule has 6 heteroatoms. The molecule has 3 N–H and O–H groups in total. The number of fused-ring (bicyclic) bond motifs is 1. The maximum absolute atomic E-state index is 9.71. The fourth-order valence-electron chi connectivity index (χ4n) is 4.43. The van der Waals surface area contributed by atoms with Crippen molar-refractivity contribution in [3.8, 4) is 6.07 Å². The fraction of sp³-hybridized carbons (Fsp3) is 0.214. The van der Waals surface area contributed by atoms with E-state index in [4.69, 9.17) is 0 Å². The first-order chi connectivity index (χ1) is 16.7. The molecule has 5 rings (SSSR count). The maximum atomic E-state index is 9.71. The summed E-state index contributed by atoms with van der Waals surface area (Å²) >= 11 is 0. The number of nitrogens with zero attached hydrogens (tertiary/aromatic N) is 3. The number of nitrogens with one attached hydrogen (secondary N) is 3. The summed E-state index contributed by atoms with van der Waals surface area (Å²) in [4.78, 5) is 10.0. The highest BCUT2D eigenvalue weighted by Crippen LogP contribution is 2.31. The number of anilines is 2. The van der Waals surface area contributed by atoms with E-state index in [0.29, 0.717) is 5.56 Å². The molecule has 0 atom stereocenters. The predicted octanol–water partition coefficient (Wildman–Crippen LogP) is 5.06. The molecule has 2 aromatic carbocycles. The van der Waals surface area contributed by atoms with E-state index >= 15 is 0 Å². The second-order valence-corrected chi connectivity index (χ2v) is 8.67. The lowest BCUT2D eigenvalue weighted by Crippen LogP contribution is -2.42. The largest absolute Gasteiger partial charge is 0.361 e. The molecule has 0 amide bonds. The van der Waals surface area contributed by atoms with Crippen molar-refractivity contribution in [2.24, 2.45) is 0 Å². The standard InChI is InChI=1S/C28H28N6/c1-20-25-10-11-32-27(25)9-8-26(20)33-28-23(17-31-18-24(28)16-29)7-6-21-2-4-22(5-3-21)19-34-14-12-30-13-15-34/h2-11,17-18,30,32H,12-15,19H2,1H3,(H,31,33)/b7-6+. The van der Waals surface area contributed by atoms with E-state index in [1.165, 1.54) is 5.56 Å². The molecule has 1 aliphatic heterocycles. The van der Waals surface area contributed by atoms with Gasteiger partial charge in [0.05, 0.1) is 11.3 Å². The molecule has 0 radical (unpaired) electrons. The Morgan fingerprint density at radius 3 is 2.68 bits per heavy atom. The van der Waals surface area contributed by atoms with Crippen LogP contribution >= 0.6 is 0 Å². The van der Waals surface area contributed by atoms with Crippen LogP contribution in [0.2, 0.25) is 0 Å². The summed E-state index contributed by atoms with van der Waals surface area (Å²) in [5.41, 5.74) is 7.80. The lowest BCUT2D eigenvalue weighted by atomic mass is 10.1. The fourth-order valence-corrected chi connectivity index (χ4v) is 4.43. The Morgan fingerprint density at radius 2 is 1.88 bits per heavy atom. The van der Waals surface area contributed by atoms with E-state index in [1.807, 2.05) is 18.3 Å². The van der Waals surface area contributed by atoms with Crippen molar-refractivity contribution in [3.63, 3.8) is 0 Å². The van der Waals surface area contributed by atoms with Gasteiger partial charge in [0.1, 0.15) is 6.07 Å². The lowest BCUT2D eigenvalue weighted by Gasteiger charge is -2.27. The van der Waals surface area contributed by atoms with Gasteiger partial charge < -0.3 is 15.6 Å². The Hall–Kier alpha value is -3.92. The minimum absolute atomic E-state index is 0.516. The third kappa shape index (κ3) is 4.72.